The molecule has 0 aromatic rings. The minimum absolute atomic E-state index is 0.0608. The first-order valence-electron chi connectivity index (χ1n) is 5.55. The lowest BCUT2D eigenvalue weighted by molar-refractivity contribution is -0.149. The molecule has 0 rings (SSSR count). The van der Waals surface area contributed by atoms with E-state index in [9.17, 15) is 9.59 Å². The van der Waals surface area contributed by atoms with Crippen molar-refractivity contribution < 1.29 is 19.1 Å². The first-order valence-corrected chi connectivity index (χ1v) is 6.36. The highest BCUT2D eigenvalue weighted by Crippen LogP contribution is 2.18. The second-order valence-electron chi connectivity index (χ2n) is 3.80. The molecule has 0 aromatic heterocycles. The van der Waals surface area contributed by atoms with Gasteiger partial charge in [-0.1, -0.05) is 32.0 Å². The summed E-state index contributed by atoms with van der Waals surface area (Å²) in [5.41, 5.74) is 0. The van der Waals surface area contributed by atoms with Crippen molar-refractivity contribution in [2.45, 2.75) is 32.7 Å². The first kappa shape index (κ1) is 17.2. The summed E-state index contributed by atoms with van der Waals surface area (Å²) in [7, 11) is 2.51. The molecule has 0 spiro atoms. The number of methoxy groups -OCH3 is 2. The lowest BCUT2D eigenvalue weighted by Crippen LogP contribution is -2.39. The van der Waals surface area contributed by atoms with Gasteiger partial charge in [-0.15, -0.1) is 0 Å². The van der Waals surface area contributed by atoms with Gasteiger partial charge >= 0.3 is 11.9 Å². The number of carbonyl (C=O) groups is 2. The molecule has 2 atom stereocenters. The van der Waals surface area contributed by atoms with Gasteiger partial charge in [-0.3, -0.25) is 9.59 Å². The van der Waals surface area contributed by atoms with Crippen molar-refractivity contribution in [1.82, 2.24) is 4.31 Å². The van der Waals surface area contributed by atoms with Gasteiger partial charge in [0, 0.05) is 6.04 Å². The Hall–Kier alpha value is -0.820. The number of esters is 2. The zero-order valence-electron chi connectivity index (χ0n) is 11.0. The van der Waals surface area contributed by atoms with Crippen LogP contribution in [0, 0.1) is 5.92 Å². The minimum Gasteiger partial charge on any atom is -0.469 e. The summed E-state index contributed by atoms with van der Waals surface area (Å²) in [6, 6.07) is 0.0608. The van der Waals surface area contributed by atoms with E-state index < -0.39 is 17.9 Å². The highest BCUT2D eigenvalue weighted by Gasteiger charge is 2.31. The fraction of sp³-hybridized carbons (Fsp3) is 0.727. The summed E-state index contributed by atoms with van der Waals surface area (Å²) in [4.78, 5) is 23.2. The van der Waals surface area contributed by atoms with E-state index in [1.807, 2.05) is 13.8 Å². The predicted octanol–water partition coefficient (Wildman–Crippen LogP) is 1.61. The summed E-state index contributed by atoms with van der Waals surface area (Å²) in [5, 5.41) is 0. The van der Waals surface area contributed by atoms with Crippen molar-refractivity contribution in [3.63, 3.8) is 0 Å². The molecule has 0 aliphatic carbocycles. The highest BCUT2D eigenvalue weighted by atomic mass is 32.1. The molecule has 0 aliphatic heterocycles. The summed E-state index contributed by atoms with van der Waals surface area (Å²) >= 11 is 9.45. The second-order valence-corrected chi connectivity index (χ2v) is 4.65. The molecule has 104 valence electrons. The van der Waals surface area contributed by atoms with Crippen molar-refractivity contribution in [1.29, 1.82) is 0 Å². The smallest absolute Gasteiger partial charge is 0.316 e. The van der Waals surface area contributed by atoms with Crippen LogP contribution in [-0.2, 0) is 19.1 Å². The van der Waals surface area contributed by atoms with E-state index in [0.29, 0.717) is 0 Å². The van der Waals surface area contributed by atoms with Crippen LogP contribution in [0.4, 0.5) is 0 Å². The maximum absolute atomic E-state index is 11.6. The molecular formula is C11H19NO4S2. The number of thiol groups is 1. The van der Waals surface area contributed by atoms with Crippen molar-refractivity contribution in [3.8, 4) is 0 Å². The Bertz CT molecular complexity index is 322. The van der Waals surface area contributed by atoms with Gasteiger partial charge < -0.3 is 13.8 Å². The Balaban J connectivity index is 4.90. The number of carbonyl (C=O) groups excluding carboxylic acids is 2. The van der Waals surface area contributed by atoms with Gasteiger partial charge in [0.1, 0.15) is 10.9 Å². The van der Waals surface area contributed by atoms with Gasteiger partial charge in [-0.05, 0) is 13.3 Å². The van der Waals surface area contributed by atoms with E-state index >= 15 is 0 Å². The Kier molecular flexibility index (Phi) is 7.93. The second kappa shape index (κ2) is 8.31. The molecule has 0 bridgehead atoms. The van der Waals surface area contributed by atoms with Gasteiger partial charge in [0.15, 0.2) is 0 Å². The van der Waals surface area contributed by atoms with Crippen LogP contribution < -0.4 is 0 Å². The van der Waals surface area contributed by atoms with E-state index in [1.54, 1.807) is 0 Å². The lowest BCUT2D eigenvalue weighted by Gasteiger charge is -2.28. The van der Waals surface area contributed by atoms with E-state index in [1.165, 1.54) is 18.5 Å². The van der Waals surface area contributed by atoms with Crippen molar-refractivity contribution in [2.24, 2.45) is 5.92 Å². The summed E-state index contributed by atoms with van der Waals surface area (Å²) in [6.45, 7) is 3.90. The molecule has 18 heavy (non-hydrogen) atoms. The number of rotatable bonds is 6. The number of thiocarbonyl (C=S) groups is 1. The normalized spacial score (nSPS) is 13.4. The average molecular weight is 293 g/mol. The van der Waals surface area contributed by atoms with Gasteiger partial charge in [-0.25, -0.2) is 0 Å². The molecule has 0 fully saturated rings. The third kappa shape index (κ3) is 4.81. The van der Waals surface area contributed by atoms with Crippen LogP contribution >= 0.6 is 25.0 Å². The zero-order valence-corrected chi connectivity index (χ0v) is 12.7. The maximum atomic E-state index is 11.6. The van der Waals surface area contributed by atoms with Crippen LogP contribution in [-0.4, -0.2) is 41.5 Å². The van der Waals surface area contributed by atoms with Crippen LogP contribution in [0.3, 0.4) is 0 Å². The number of hydrogen-bond acceptors (Lipinski definition) is 6. The standard InChI is InChI=1S/C11H19NO4S2/c1-5-7(2)12(18)10(17)8(11(14)16-4)6-9(13)15-3/h7-8,18H,5-6H2,1-4H3. The molecule has 2 unspecified atom stereocenters. The Morgan fingerprint density at radius 1 is 1.33 bits per heavy atom. The third-order valence-corrected chi connectivity index (χ3v) is 3.84. The van der Waals surface area contributed by atoms with Crippen molar-refractivity contribution in [3.05, 3.63) is 0 Å². The molecule has 0 amide bonds. The van der Waals surface area contributed by atoms with Crippen LogP contribution in [0.5, 0.6) is 0 Å². The third-order valence-electron chi connectivity index (χ3n) is 2.62. The Morgan fingerprint density at radius 2 is 1.89 bits per heavy atom. The highest BCUT2D eigenvalue weighted by molar-refractivity contribution is 7.84. The maximum Gasteiger partial charge on any atom is 0.316 e. The van der Waals surface area contributed by atoms with E-state index in [0.717, 1.165) is 6.42 Å². The van der Waals surface area contributed by atoms with Crippen LogP contribution in [0.15, 0.2) is 0 Å². The van der Waals surface area contributed by atoms with Gasteiger partial charge in [0.2, 0.25) is 0 Å². The van der Waals surface area contributed by atoms with E-state index in [4.69, 9.17) is 12.2 Å². The molecule has 7 heteroatoms. The molecule has 0 N–H and O–H groups in total. The van der Waals surface area contributed by atoms with Gasteiger partial charge in [-0.2, -0.15) is 0 Å². The van der Waals surface area contributed by atoms with Crippen LogP contribution in [0.25, 0.3) is 0 Å². The molecule has 0 heterocycles. The zero-order chi connectivity index (χ0) is 14.3. The fourth-order valence-corrected chi connectivity index (χ4v) is 1.88. The Labute approximate surface area is 118 Å². The Morgan fingerprint density at radius 3 is 2.28 bits per heavy atom. The summed E-state index contributed by atoms with van der Waals surface area (Å²) < 4.78 is 10.7. The molecule has 0 aromatic carbocycles. The number of hydrogen-bond donors (Lipinski definition) is 1. The van der Waals surface area contributed by atoms with E-state index in [2.05, 4.69) is 22.3 Å². The predicted molar refractivity (Wildman–Crippen MR) is 75.3 cm³/mol. The summed E-state index contributed by atoms with van der Waals surface area (Å²) in [5.74, 6) is -1.92. The monoisotopic (exact) mass is 293 g/mol. The average Bonchev–Trinajstić information content (AvgIpc) is 2.40. The van der Waals surface area contributed by atoms with E-state index in [-0.39, 0.29) is 17.5 Å². The largest absolute Gasteiger partial charge is 0.469 e. The lowest BCUT2D eigenvalue weighted by atomic mass is 10.0. The molecule has 0 saturated carbocycles. The fourth-order valence-electron chi connectivity index (χ4n) is 1.21. The van der Waals surface area contributed by atoms with Crippen molar-refractivity contribution >= 4 is 42.0 Å². The van der Waals surface area contributed by atoms with Crippen molar-refractivity contribution in [2.75, 3.05) is 14.2 Å². The quantitative estimate of drug-likeness (QED) is 0.456. The minimum atomic E-state index is -0.844. The molecule has 0 saturated heterocycles. The van der Waals surface area contributed by atoms with Gasteiger partial charge in [0.05, 0.1) is 20.6 Å². The van der Waals surface area contributed by atoms with Gasteiger partial charge in [0.25, 0.3) is 0 Å². The SMILES string of the molecule is CCC(C)N(S)C(=S)C(CC(=O)OC)C(=O)OC. The number of ether oxygens (including phenoxy) is 2. The number of nitrogens with zero attached hydrogens (tertiary/aromatic N) is 1. The molecular weight excluding hydrogens is 274 g/mol. The topological polar surface area (TPSA) is 55.8 Å². The first-order chi connectivity index (χ1) is 8.38. The molecule has 0 radical (unpaired) electrons. The summed E-state index contributed by atoms with van der Waals surface area (Å²) in [6.07, 6.45) is 0.672. The van der Waals surface area contributed by atoms with Crippen LogP contribution in [0.2, 0.25) is 0 Å². The molecule has 5 nitrogen and oxygen atoms in total. The van der Waals surface area contributed by atoms with Crippen LogP contribution in [0.1, 0.15) is 26.7 Å². The molecule has 0 aliphatic rings.